The molecule has 0 aliphatic rings. The lowest BCUT2D eigenvalue weighted by atomic mass is 10.1. The Kier molecular flexibility index (Phi) is 3.23. The summed E-state index contributed by atoms with van der Waals surface area (Å²) >= 11 is 7.41. The van der Waals surface area contributed by atoms with Crippen LogP contribution in [0.2, 0.25) is 5.28 Å². The SMILES string of the molecule is CSc1cnc(Cl)nc1-c1ccccc1. The van der Waals surface area contributed by atoms with E-state index in [2.05, 4.69) is 9.97 Å². The van der Waals surface area contributed by atoms with Crippen LogP contribution in [0.25, 0.3) is 11.3 Å². The summed E-state index contributed by atoms with van der Waals surface area (Å²) in [7, 11) is 0. The Bertz CT molecular complexity index is 459. The van der Waals surface area contributed by atoms with E-state index in [0.717, 1.165) is 16.2 Å². The van der Waals surface area contributed by atoms with Crippen LogP contribution in [0.15, 0.2) is 41.4 Å². The Balaban J connectivity index is 2.56. The summed E-state index contributed by atoms with van der Waals surface area (Å²) < 4.78 is 0. The third kappa shape index (κ3) is 2.30. The molecule has 0 spiro atoms. The van der Waals surface area contributed by atoms with Gasteiger partial charge in [-0.15, -0.1) is 11.8 Å². The predicted molar refractivity (Wildman–Crippen MR) is 64.3 cm³/mol. The van der Waals surface area contributed by atoms with E-state index in [4.69, 9.17) is 11.6 Å². The van der Waals surface area contributed by atoms with Gasteiger partial charge in [0.05, 0.1) is 10.6 Å². The molecule has 0 saturated heterocycles. The zero-order valence-corrected chi connectivity index (χ0v) is 9.72. The van der Waals surface area contributed by atoms with E-state index >= 15 is 0 Å². The Morgan fingerprint density at radius 1 is 1.20 bits per heavy atom. The van der Waals surface area contributed by atoms with E-state index in [1.54, 1.807) is 18.0 Å². The van der Waals surface area contributed by atoms with Crippen LogP contribution in [0.1, 0.15) is 0 Å². The van der Waals surface area contributed by atoms with Gasteiger partial charge in [0.15, 0.2) is 0 Å². The van der Waals surface area contributed by atoms with Gasteiger partial charge >= 0.3 is 0 Å². The van der Waals surface area contributed by atoms with Gasteiger partial charge in [-0.3, -0.25) is 0 Å². The highest BCUT2D eigenvalue weighted by Crippen LogP contribution is 2.28. The predicted octanol–water partition coefficient (Wildman–Crippen LogP) is 3.52. The average molecular weight is 237 g/mol. The second-order valence-corrected chi connectivity index (χ2v) is 4.11. The highest BCUT2D eigenvalue weighted by molar-refractivity contribution is 7.98. The number of hydrogen-bond donors (Lipinski definition) is 0. The highest BCUT2D eigenvalue weighted by Gasteiger charge is 2.07. The molecule has 0 atom stereocenters. The molecule has 0 bridgehead atoms. The van der Waals surface area contributed by atoms with Crippen molar-refractivity contribution in [2.45, 2.75) is 4.90 Å². The number of halogens is 1. The summed E-state index contributed by atoms with van der Waals surface area (Å²) in [4.78, 5) is 9.25. The van der Waals surface area contributed by atoms with Gasteiger partial charge in [-0.05, 0) is 17.9 Å². The number of hydrogen-bond acceptors (Lipinski definition) is 3. The molecule has 4 heteroatoms. The molecule has 1 aromatic carbocycles. The van der Waals surface area contributed by atoms with E-state index in [-0.39, 0.29) is 5.28 Å². The number of nitrogens with zero attached hydrogens (tertiary/aromatic N) is 2. The zero-order chi connectivity index (χ0) is 10.7. The van der Waals surface area contributed by atoms with Crippen LogP contribution < -0.4 is 0 Å². The van der Waals surface area contributed by atoms with Crippen molar-refractivity contribution in [3.05, 3.63) is 41.8 Å². The number of aromatic nitrogens is 2. The molecule has 0 radical (unpaired) electrons. The topological polar surface area (TPSA) is 25.8 Å². The Hall–Kier alpha value is -1.06. The molecule has 0 amide bonds. The summed E-state index contributed by atoms with van der Waals surface area (Å²) in [5.74, 6) is 0. The molecule has 2 aromatic rings. The van der Waals surface area contributed by atoms with E-state index < -0.39 is 0 Å². The van der Waals surface area contributed by atoms with Crippen molar-refractivity contribution in [1.29, 1.82) is 0 Å². The van der Waals surface area contributed by atoms with Crippen LogP contribution in [-0.4, -0.2) is 16.2 Å². The van der Waals surface area contributed by atoms with Crippen LogP contribution >= 0.6 is 23.4 Å². The molecule has 0 fully saturated rings. The molecule has 0 aliphatic heterocycles. The highest BCUT2D eigenvalue weighted by atomic mass is 35.5. The maximum atomic E-state index is 5.79. The molecule has 0 aliphatic carbocycles. The third-order valence-electron chi connectivity index (χ3n) is 1.99. The van der Waals surface area contributed by atoms with Gasteiger partial charge in [0, 0.05) is 11.8 Å². The molecule has 0 saturated carbocycles. The number of benzene rings is 1. The monoisotopic (exact) mass is 236 g/mol. The van der Waals surface area contributed by atoms with Gasteiger partial charge in [-0.1, -0.05) is 30.3 Å². The second kappa shape index (κ2) is 4.64. The summed E-state index contributed by atoms with van der Waals surface area (Å²) in [6, 6.07) is 9.97. The third-order valence-corrected chi connectivity index (χ3v) is 2.91. The molecule has 1 aromatic heterocycles. The van der Waals surface area contributed by atoms with Gasteiger partial charge in [-0.2, -0.15) is 0 Å². The van der Waals surface area contributed by atoms with Crippen LogP contribution in [-0.2, 0) is 0 Å². The maximum Gasteiger partial charge on any atom is 0.222 e. The van der Waals surface area contributed by atoms with Crippen molar-refractivity contribution < 1.29 is 0 Å². The first-order valence-corrected chi connectivity index (χ1v) is 6.03. The van der Waals surface area contributed by atoms with Gasteiger partial charge in [0.1, 0.15) is 0 Å². The van der Waals surface area contributed by atoms with Crippen LogP contribution in [0.3, 0.4) is 0 Å². The molecule has 15 heavy (non-hydrogen) atoms. The van der Waals surface area contributed by atoms with Crippen molar-refractivity contribution in [3.63, 3.8) is 0 Å². The van der Waals surface area contributed by atoms with Crippen LogP contribution in [0.5, 0.6) is 0 Å². The maximum absolute atomic E-state index is 5.79. The number of thioether (sulfide) groups is 1. The lowest BCUT2D eigenvalue weighted by molar-refractivity contribution is 1.11. The average Bonchev–Trinajstić information content (AvgIpc) is 2.30. The Morgan fingerprint density at radius 2 is 1.93 bits per heavy atom. The smallest absolute Gasteiger partial charge is 0.222 e. The Morgan fingerprint density at radius 3 is 2.60 bits per heavy atom. The van der Waals surface area contributed by atoms with Crippen molar-refractivity contribution in [2.24, 2.45) is 0 Å². The van der Waals surface area contributed by atoms with Gasteiger partial charge in [-0.25, -0.2) is 9.97 Å². The minimum absolute atomic E-state index is 0.284. The van der Waals surface area contributed by atoms with Crippen LogP contribution in [0.4, 0.5) is 0 Å². The fourth-order valence-corrected chi connectivity index (χ4v) is 1.95. The molecule has 76 valence electrons. The summed E-state index contributed by atoms with van der Waals surface area (Å²) in [5.41, 5.74) is 1.95. The van der Waals surface area contributed by atoms with Crippen molar-refractivity contribution in [3.8, 4) is 11.3 Å². The second-order valence-electron chi connectivity index (χ2n) is 2.92. The first-order valence-electron chi connectivity index (χ1n) is 4.43. The molecular weight excluding hydrogens is 228 g/mol. The van der Waals surface area contributed by atoms with Gasteiger partial charge in [0.25, 0.3) is 0 Å². The molecule has 2 nitrogen and oxygen atoms in total. The fraction of sp³-hybridized carbons (Fsp3) is 0.0909. The minimum Gasteiger partial charge on any atom is -0.225 e. The first kappa shape index (κ1) is 10.5. The van der Waals surface area contributed by atoms with Crippen molar-refractivity contribution in [2.75, 3.05) is 6.26 Å². The van der Waals surface area contributed by atoms with Crippen molar-refractivity contribution >= 4 is 23.4 Å². The summed E-state index contributed by atoms with van der Waals surface area (Å²) in [6.45, 7) is 0. The zero-order valence-electron chi connectivity index (χ0n) is 8.14. The largest absolute Gasteiger partial charge is 0.225 e. The van der Waals surface area contributed by atoms with E-state index in [9.17, 15) is 0 Å². The van der Waals surface area contributed by atoms with Crippen molar-refractivity contribution in [1.82, 2.24) is 9.97 Å². The Labute approximate surface area is 97.7 Å². The van der Waals surface area contributed by atoms with Crippen LogP contribution in [0, 0.1) is 0 Å². The molecule has 0 N–H and O–H groups in total. The minimum atomic E-state index is 0.284. The molecule has 0 unspecified atom stereocenters. The summed E-state index contributed by atoms with van der Waals surface area (Å²) in [6.07, 6.45) is 3.75. The molecule has 2 rings (SSSR count). The molecular formula is C11H9ClN2S. The first-order chi connectivity index (χ1) is 7.31. The van der Waals surface area contributed by atoms with E-state index in [1.165, 1.54) is 0 Å². The summed E-state index contributed by atoms with van der Waals surface area (Å²) in [5, 5.41) is 0.284. The van der Waals surface area contributed by atoms with E-state index in [0.29, 0.717) is 0 Å². The van der Waals surface area contributed by atoms with E-state index in [1.807, 2.05) is 36.6 Å². The molecule has 1 heterocycles. The lowest BCUT2D eigenvalue weighted by Crippen LogP contribution is -1.90. The number of rotatable bonds is 2. The quantitative estimate of drug-likeness (QED) is 0.590. The standard InChI is InChI=1S/C11H9ClN2S/c1-15-9-7-13-11(12)14-10(9)8-5-3-2-4-6-8/h2-7H,1H3. The fourth-order valence-electron chi connectivity index (χ4n) is 1.30. The normalized spacial score (nSPS) is 10.3. The van der Waals surface area contributed by atoms with Gasteiger partial charge < -0.3 is 0 Å². The van der Waals surface area contributed by atoms with Gasteiger partial charge in [0.2, 0.25) is 5.28 Å². The lowest BCUT2D eigenvalue weighted by Gasteiger charge is -2.05.